The first kappa shape index (κ1) is 65.0. The van der Waals surface area contributed by atoms with Crippen LogP contribution >= 0.6 is 0 Å². The molecule has 3 aromatic carbocycles. The Hall–Kier alpha value is -5.15. The van der Waals surface area contributed by atoms with Gasteiger partial charge in [-0.05, 0) is 214 Å². The number of hydrogen-bond donors (Lipinski definition) is 1. The maximum Gasteiger partial charge on any atom is 0.410 e. The summed E-state index contributed by atoms with van der Waals surface area (Å²) in [6.45, 7) is 34.8. The summed E-state index contributed by atoms with van der Waals surface area (Å²) in [6.07, 6.45) is 4.37. The molecule has 0 saturated carbocycles. The molecule has 14 heteroatoms. The van der Waals surface area contributed by atoms with Crippen LogP contribution in [0.3, 0.4) is 0 Å². The van der Waals surface area contributed by atoms with Crippen molar-refractivity contribution in [2.45, 2.75) is 196 Å². The lowest BCUT2D eigenvalue weighted by molar-refractivity contribution is -0.162. The standard InChI is InChI=1S/C67H100N4O10/c1-63(2,3)77-44-56(51-27-33-70(34-28-51)61(75)80-66(10,11)12)58(72)53-23-17-21-48(38-53)42-69(41-47-20-16-19-46(37-47)40-55(50-25-31-68-32-26-50)60(74)79-65(7,8)9)43-49-22-18-24-54(39-49)59(73)57(45-78-64(4,5)6)52-29-35-71(36-30-52)62(76)81-67(13,14)15/h16-24,37-39,50-52,55-57,68H,25-36,40-45H2,1-15H3/t55-,56+,57+/m0/s1. The highest BCUT2D eigenvalue weighted by molar-refractivity contribution is 5.99. The van der Waals surface area contributed by atoms with Gasteiger partial charge in [-0.25, -0.2) is 9.59 Å². The van der Waals surface area contributed by atoms with Crippen molar-refractivity contribution in [3.63, 3.8) is 0 Å². The molecular formula is C67H100N4O10. The summed E-state index contributed by atoms with van der Waals surface area (Å²) < 4.78 is 30.2. The average Bonchev–Trinajstić information content (AvgIpc) is 3.38. The predicted molar refractivity (Wildman–Crippen MR) is 319 cm³/mol. The fourth-order valence-corrected chi connectivity index (χ4v) is 11.3. The number of ketones is 2. The molecule has 3 aromatic rings. The molecule has 0 aliphatic carbocycles. The van der Waals surface area contributed by atoms with Gasteiger partial charge < -0.3 is 38.8 Å². The molecule has 3 aliphatic heterocycles. The number of nitrogens with zero attached hydrogens (tertiary/aromatic N) is 3. The van der Waals surface area contributed by atoms with E-state index in [-0.39, 0.29) is 66.6 Å². The molecule has 3 aliphatic rings. The number of likely N-dealkylation sites (tertiary alicyclic amines) is 2. The van der Waals surface area contributed by atoms with Crippen molar-refractivity contribution in [3.05, 3.63) is 106 Å². The Bertz CT molecular complexity index is 2430. The lowest BCUT2D eigenvalue weighted by atomic mass is 9.80. The summed E-state index contributed by atoms with van der Waals surface area (Å²) in [5.74, 6) is -0.975. The van der Waals surface area contributed by atoms with E-state index in [4.69, 9.17) is 23.7 Å². The molecule has 448 valence electrons. The topological polar surface area (TPSA) is 153 Å². The Labute approximate surface area is 486 Å². The van der Waals surface area contributed by atoms with E-state index >= 15 is 0 Å². The van der Waals surface area contributed by atoms with Gasteiger partial charge in [0.05, 0.1) is 30.3 Å². The van der Waals surface area contributed by atoms with E-state index < -0.39 is 39.8 Å². The van der Waals surface area contributed by atoms with E-state index in [1.54, 1.807) is 9.80 Å². The largest absolute Gasteiger partial charge is 0.460 e. The summed E-state index contributed by atoms with van der Waals surface area (Å²) in [4.78, 5) is 75.7. The Balaban J connectivity index is 1.29. The molecular weight excluding hydrogens is 1020 g/mol. The van der Waals surface area contributed by atoms with Gasteiger partial charge in [-0.15, -0.1) is 0 Å². The van der Waals surface area contributed by atoms with Gasteiger partial charge in [-0.2, -0.15) is 0 Å². The number of nitrogens with one attached hydrogen (secondary N) is 1. The highest BCUT2D eigenvalue weighted by Crippen LogP contribution is 2.34. The monoisotopic (exact) mass is 1120 g/mol. The van der Waals surface area contributed by atoms with Crippen molar-refractivity contribution in [1.82, 2.24) is 20.0 Å². The molecule has 0 spiro atoms. The zero-order chi connectivity index (χ0) is 59.5. The second kappa shape index (κ2) is 28.0. The molecule has 0 radical (unpaired) electrons. The van der Waals surface area contributed by atoms with E-state index in [1.165, 1.54) is 0 Å². The van der Waals surface area contributed by atoms with Crippen LogP contribution in [-0.2, 0) is 54.5 Å². The van der Waals surface area contributed by atoms with Crippen LogP contribution in [0.2, 0.25) is 0 Å². The number of piperidine rings is 3. The van der Waals surface area contributed by atoms with Crippen LogP contribution in [-0.4, -0.2) is 125 Å². The van der Waals surface area contributed by atoms with Crippen LogP contribution in [0.5, 0.6) is 0 Å². The number of benzene rings is 3. The van der Waals surface area contributed by atoms with E-state index in [9.17, 15) is 24.0 Å². The highest BCUT2D eigenvalue weighted by Gasteiger charge is 2.38. The third-order valence-electron chi connectivity index (χ3n) is 15.3. The van der Waals surface area contributed by atoms with Crippen LogP contribution < -0.4 is 5.32 Å². The van der Waals surface area contributed by atoms with Gasteiger partial charge in [0.15, 0.2) is 11.6 Å². The molecule has 6 rings (SSSR count). The lowest BCUT2D eigenvalue weighted by Crippen LogP contribution is -2.44. The molecule has 81 heavy (non-hydrogen) atoms. The van der Waals surface area contributed by atoms with Gasteiger partial charge in [0.25, 0.3) is 0 Å². The third-order valence-corrected chi connectivity index (χ3v) is 15.3. The van der Waals surface area contributed by atoms with Crippen molar-refractivity contribution >= 4 is 29.7 Å². The van der Waals surface area contributed by atoms with Crippen molar-refractivity contribution in [3.8, 4) is 0 Å². The van der Waals surface area contributed by atoms with E-state index in [1.807, 2.05) is 140 Å². The third kappa shape index (κ3) is 21.5. The fraction of sp³-hybridized carbons (Fsp3) is 0.657. The Kier molecular flexibility index (Phi) is 22.4. The smallest absolute Gasteiger partial charge is 0.410 e. The van der Waals surface area contributed by atoms with Crippen molar-refractivity contribution in [2.75, 3.05) is 52.5 Å². The summed E-state index contributed by atoms with van der Waals surface area (Å²) in [5.41, 5.74) is 2.60. The minimum atomic E-state index is -0.600. The summed E-state index contributed by atoms with van der Waals surface area (Å²) in [6, 6.07) is 24.4. The summed E-state index contributed by atoms with van der Waals surface area (Å²) in [5, 5.41) is 3.46. The Morgan fingerprint density at radius 3 is 1.21 bits per heavy atom. The van der Waals surface area contributed by atoms with Crippen LogP contribution in [0, 0.1) is 35.5 Å². The fourth-order valence-electron chi connectivity index (χ4n) is 11.3. The van der Waals surface area contributed by atoms with Crippen LogP contribution in [0.4, 0.5) is 9.59 Å². The molecule has 3 fully saturated rings. The molecule has 3 heterocycles. The van der Waals surface area contributed by atoms with Crippen molar-refractivity contribution in [2.24, 2.45) is 35.5 Å². The average molecular weight is 1120 g/mol. The first-order chi connectivity index (χ1) is 37.8. The molecule has 2 amide bonds. The van der Waals surface area contributed by atoms with Gasteiger partial charge in [0.1, 0.15) is 16.8 Å². The molecule has 1 N–H and O–H groups in total. The second-order valence-electron chi connectivity index (χ2n) is 28.2. The van der Waals surface area contributed by atoms with Crippen molar-refractivity contribution in [1.29, 1.82) is 0 Å². The normalized spacial score (nSPS) is 17.8. The number of carbonyl (C=O) groups excluding carboxylic acids is 5. The maximum absolute atomic E-state index is 14.9. The summed E-state index contributed by atoms with van der Waals surface area (Å²) >= 11 is 0. The molecule has 0 unspecified atom stereocenters. The number of carbonyl (C=O) groups is 5. The molecule has 14 nitrogen and oxygen atoms in total. The number of ether oxygens (including phenoxy) is 5. The number of rotatable bonds is 20. The number of hydrogen-bond acceptors (Lipinski definition) is 12. The maximum atomic E-state index is 14.9. The lowest BCUT2D eigenvalue weighted by Gasteiger charge is -2.37. The predicted octanol–water partition coefficient (Wildman–Crippen LogP) is 12.9. The quantitative estimate of drug-likeness (QED) is 0.0651. The zero-order valence-electron chi connectivity index (χ0n) is 52.0. The zero-order valence-corrected chi connectivity index (χ0v) is 52.0. The highest BCUT2D eigenvalue weighted by atomic mass is 16.6. The SMILES string of the molecule is CC(C)(C)OC[C@@H](C(=O)c1cccc(CN(Cc2cccc(C[C@H](C(=O)OC(C)(C)C)C3CCNCC3)c2)Cc2cccc(C(=O)[C@H](COC(C)(C)C)C3CCN(C(=O)OC(C)(C)C)CC3)c2)c1)C1CCN(C(=O)OC(C)(C)C)CC1. The first-order valence-corrected chi connectivity index (χ1v) is 30.0. The minimum absolute atomic E-state index is 0.00955. The Morgan fingerprint density at radius 1 is 0.469 bits per heavy atom. The molecule has 3 atom stereocenters. The minimum Gasteiger partial charge on any atom is -0.460 e. The van der Waals surface area contributed by atoms with Gasteiger partial charge in [-0.1, -0.05) is 60.7 Å². The number of amides is 2. The van der Waals surface area contributed by atoms with Crippen LogP contribution in [0.1, 0.15) is 185 Å². The van der Waals surface area contributed by atoms with E-state index in [0.717, 1.165) is 48.2 Å². The van der Waals surface area contributed by atoms with Gasteiger partial charge in [0.2, 0.25) is 0 Å². The van der Waals surface area contributed by atoms with E-state index in [2.05, 4.69) is 46.6 Å². The second-order valence-corrected chi connectivity index (χ2v) is 28.2. The molecule has 0 bridgehead atoms. The van der Waals surface area contributed by atoms with Gasteiger partial charge in [0, 0.05) is 68.8 Å². The van der Waals surface area contributed by atoms with Crippen LogP contribution in [0.25, 0.3) is 0 Å². The molecule has 3 saturated heterocycles. The first-order valence-electron chi connectivity index (χ1n) is 30.0. The Morgan fingerprint density at radius 2 is 0.827 bits per heavy atom. The molecule has 0 aromatic heterocycles. The van der Waals surface area contributed by atoms with Crippen molar-refractivity contribution < 1.29 is 47.7 Å². The van der Waals surface area contributed by atoms with Gasteiger partial charge >= 0.3 is 18.2 Å². The summed E-state index contributed by atoms with van der Waals surface area (Å²) in [7, 11) is 0. The van der Waals surface area contributed by atoms with Gasteiger partial charge in [-0.3, -0.25) is 19.3 Å². The van der Waals surface area contributed by atoms with E-state index in [0.29, 0.717) is 89.0 Å². The van der Waals surface area contributed by atoms with Crippen LogP contribution in [0.15, 0.2) is 72.8 Å². The number of esters is 1. The number of Topliss-reactive ketones (excluding diaryl/α,β-unsaturated/α-hetero) is 2.